The first kappa shape index (κ1) is 10.5. The van der Waals surface area contributed by atoms with Gasteiger partial charge in [-0.25, -0.2) is 9.78 Å². The van der Waals surface area contributed by atoms with Gasteiger partial charge in [0.2, 0.25) is 0 Å². The standard InChI is InChI=1S/C8H8ClN3O2/c1-5(9)2-11-7-4-10-3-6(12-7)8(13)14/h3-4H,1-2H2,(H,11,12)(H,13,14). The maximum Gasteiger partial charge on any atom is 0.356 e. The molecule has 1 aromatic rings. The molecule has 74 valence electrons. The van der Waals surface area contributed by atoms with E-state index in [4.69, 9.17) is 16.7 Å². The SMILES string of the molecule is C=C(Cl)CNc1cncc(C(=O)O)n1. The first-order chi connectivity index (χ1) is 6.59. The minimum atomic E-state index is -1.12. The third kappa shape index (κ3) is 3.02. The molecule has 0 amide bonds. The summed E-state index contributed by atoms with van der Waals surface area (Å²) in [7, 11) is 0. The third-order valence-corrected chi connectivity index (χ3v) is 1.45. The second-order valence-corrected chi connectivity index (χ2v) is 3.00. The molecule has 0 aliphatic carbocycles. The fourth-order valence-electron chi connectivity index (χ4n) is 0.741. The largest absolute Gasteiger partial charge is 0.476 e. The minimum absolute atomic E-state index is 0.116. The Hall–Kier alpha value is -1.62. The van der Waals surface area contributed by atoms with Gasteiger partial charge < -0.3 is 10.4 Å². The maximum absolute atomic E-state index is 10.5. The van der Waals surface area contributed by atoms with E-state index in [0.29, 0.717) is 17.4 Å². The Labute approximate surface area is 85.4 Å². The van der Waals surface area contributed by atoms with E-state index in [2.05, 4.69) is 21.9 Å². The number of aromatic nitrogens is 2. The number of nitrogens with one attached hydrogen (secondary N) is 1. The van der Waals surface area contributed by atoms with Gasteiger partial charge in [0, 0.05) is 5.03 Å². The van der Waals surface area contributed by atoms with Gasteiger partial charge in [0.1, 0.15) is 5.82 Å². The molecule has 0 saturated heterocycles. The summed E-state index contributed by atoms with van der Waals surface area (Å²) in [5.74, 6) is -0.766. The van der Waals surface area contributed by atoms with Gasteiger partial charge in [-0.2, -0.15) is 0 Å². The highest BCUT2D eigenvalue weighted by atomic mass is 35.5. The van der Waals surface area contributed by atoms with Crippen molar-refractivity contribution < 1.29 is 9.90 Å². The molecule has 0 aliphatic rings. The fourth-order valence-corrected chi connectivity index (χ4v) is 0.807. The molecule has 14 heavy (non-hydrogen) atoms. The van der Waals surface area contributed by atoms with Crippen LogP contribution in [0.2, 0.25) is 0 Å². The van der Waals surface area contributed by atoms with Crippen LogP contribution in [0.5, 0.6) is 0 Å². The van der Waals surface area contributed by atoms with Gasteiger partial charge in [0.05, 0.1) is 18.9 Å². The lowest BCUT2D eigenvalue weighted by atomic mass is 10.4. The van der Waals surface area contributed by atoms with Crippen molar-refractivity contribution in [3.05, 3.63) is 29.7 Å². The summed E-state index contributed by atoms with van der Waals surface area (Å²) >= 11 is 5.51. The van der Waals surface area contributed by atoms with Gasteiger partial charge in [0.15, 0.2) is 5.69 Å². The molecule has 0 bridgehead atoms. The molecule has 0 unspecified atom stereocenters. The highest BCUT2D eigenvalue weighted by Gasteiger charge is 2.05. The van der Waals surface area contributed by atoms with Crippen LogP contribution < -0.4 is 5.32 Å². The molecule has 2 N–H and O–H groups in total. The summed E-state index contributed by atoms with van der Waals surface area (Å²) in [6.45, 7) is 3.78. The van der Waals surface area contributed by atoms with Crippen LogP contribution in [0, 0.1) is 0 Å². The lowest BCUT2D eigenvalue weighted by Gasteiger charge is -2.03. The molecule has 0 radical (unpaired) electrons. The predicted molar refractivity (Wildman–Crippen MR) is 52.5 cm³/mol. The van der Waals surface area contributed by atoms with Gasteiger partial charge in [-0.1, -0.05) is 18.2 Å². The number of rotatable bonds is 4. The quantitative estimate of drug-likeness (QED) is 0.790. The third-order valence-electron chi connectivity index (χ3n) is 1.31. The Morgan fingerprint density at radius 3 is 2.93 bits per heavy atom. The second kappa shape index (κ2) is 4.57. The van der Waals surface area contributed by atoms with Crippen LogP contribution in [0.15, 0.2) is 24.0 Å². The highest BCUT2D eigenvalue weighted by molar-refractivity contribution is 6.29. The summed E-state index contributed by atoms with van der Waals surface area (Å²) in [6, 6.07) is 0. The second-order valence-electron chi connectivity index (χ2n) is 2.47. The normalized spacial score (nSPS) is 9.50. The first-order valence-electron chi connectivity index (χ1n) is 3.72. The molecule has 1 heterocycles. The zero-order chi connectivity index (χ0) is 10.6. The Bertz CT molecular complexity index is 367. The van der Waals surface area contributed by atoms with Gasteiger partial charge in [0.25, 0.3) is 0 Å². The number of halogens is 1. The minimum Gasteiger partial charge on any atom is -0.476 e. The molecule has 0 aromatic carbocycles. The zero-order valence-corrected chi connectivity index (χ0v) is 7.95. The highest BCUT2D eigenvalue weighted by Crippen LogP contribution is 2.04. The Kier molecular flexibility index (Phi) is 3.41. The van der Waals surface area contributed by atoms with Crippen molar-refractivity contribution in [1.29, 1.82) is 0 Å². The van der Waals surface area contributed by atoms with Crippen molar-refractivity contribution in [2.24, 2.45) is 0 Å². The van der Waals surface area contributed by atoms with Crippen molar-refractivity contribution in [2.75, 3.05) is 11.9 Å². The van der Waals surface area contributed by atoms with E-state index in [1.165, 1.54) is 12.4 Å². The number of carboxylic acids is 1. The number of carbonyl (C=O) groups is 1. The average molecular weight is 214 g/mol. The van der Waals surface area contributed by atoms with Gasteiger partial charge in [-0.3, -0.25) is 4.98 Å². The van der Waals surface area contributed by atoms with E-state index in [1.54, 1.807) is 0 Å². The van der Waals surface area contributed by atoms with Crippen LogP contribution in [-0.2, 0) is 0 Å². The monoisotopic (exact) mass is 213 g/mol. The van der Waals surface area contributed by atoms with E-state index < -0.39 is 5.97 Å². The lowest BCUT2D eigenvalue weighted by Crippen LogP contribution is -2.07. The van der Waals surface area contributed by atoms with Crippen molar-refractivity contribution >= 4 is 23.4 Å². The molecular weight excluding hydrogens is 206 g/mol. The molecule has 0 saturated carbocycles. The van der Waals surface area contributed by atoms with Crippen molar-refractivity contribution in [3.63, 3.8) is 0 Å². The number of anilines is 1. The molecule has 5 nitrogen and oxygen atoms in total. The van der Waals surface area contributed by atoms with Crippen molar-refractivity contribution in [2.45, 2.75) is 0 Å². The van der Waals surface area contributed by atoms with Crippen LogP contribution >= 0.6 is 11.6 Å². The Balaban J connectivity index is 2.73. The van der Waals surface area contributed by atoms with Crippen LogP contribution in [0.25, 0.3) is 0 Å². The van der Waals surface area contributed by atoms with E-state index in [9.17, 15) is 4.79 Å². The summed E-state index contributed by atoms with van der Waals surface area (Å²) in [4.78, 5) is 18.0. The number of nitrogens with zero attached hydrogens (tertiary/aromatic N) is 2. The van der Waals surface area contributed by atoms with Crippen molar-refractivity contribution in [1.82, 2.24) is 9.97 Å². The first-order valence-corrected chi connectivity index (χ1v) is 4.10. The number of aromatic carboxylic acids is 1. The summed E-state index contributed by atoms with van der Waals surface area (Å²) in [5.41, 5.74) is -0.116. The molecule has 0 fully saturated rings. The Morgan fingerprint density at radius 1 is 1.64 bits per heavy atom. The number of hydrogen-bond acceptors (Lipinski definition) is 4. The molecule has 0 spiro atoms. The summed E-state index contributed by atoms with van der Waals surface area (Å²) in [6.07, 6.45) is 2.58. The van der Waals surface area contributed by atoms with E-state index in [0.717, 1.165) is 0 Å². The molecule has 0 atom stereocenters. The molecule has 6 heteroatoms. The van der Waals surface area contributed by atoms with Crippen LogP contribution in [-0.4, -0.2) is 27.6 Å². The fraction of sp³-hybridized carbons (Fsp3) is 0.125. The van der Waals surface area contributed by atoms with Crippen molar-refractivity contribution in [3.8, 4) is 0 Å². The van der Waals surface area contributed by atoms with Gasteiger partial charge >= 0.3 is 5.97 Å². The average Bonchev–Trinajstić information content (AvgIpc) is 2.15. The van der Waals surface area contributed by atoms with E-state index >= 15 is 0 Å². The summed E-state index contributed by atoms with van der Waals surface area (Å²) in [5, 5.41) is 11.8. The van der Waals surface area contributed by atoms with Gasteiger partial charge in [-0.15, -0.1) is 0 Å². The number of hydrogen-bond donors (Lipinski definition) is 2. The number of carboxylic acid groups (broad SMARTS) is 1. The molecule has 1 rings (SSSR count). The van der Waals surface area contributed by atoms with Crippen LogP contribution in [0.1, 0.15) is 10.5 Å². The van der Waals surface area contributed by atoms with E-state index in [-0.39, 0.29) is 5.69 Å². The maximum atomic E-state index is 10.5. The van der Waals surface area contributed by atoms with Crippen LogP contribution in [0.4, 0.5) is 5.82 Å². The van der Waals surface area contributed by atoms with E-state index in [1.807, 2.05) is 0 Å². The predicted octanol–water partition coefficient (Wildman–Crippen LogP) is 1.34. The zero-order valence-electron chi connectivity index (χ0n) is 7.20. The van der Waals surface area contributed by atoms with Crippen LogP contribution in [0.3, 0.4) is 0 Å². The smallest absolute Gasteiger partial charge is 0.356 e. The molecular formula is C8H8ClN3O2. The Morgan fingerprint density at radius 2 is 2.36 bits per heavy atom. The lowest BCUT2D eigenvalue weighted by molar-refractivity contribution is 0.0690. The van der Waals surface area contributed by atoms with Gasteiger partial charge in [-0.05, 0) is 0 Å². The topological polar surface area (TPSA) is 75.1 Å². The molecule has 1 aromatic heterocycles. The molecule has 0 aliphatic heterocycles. The summed E-state index contributed by atoms with van der Waals surface area (Å²) < 4.78 is 0.